The molecule has 3 aromatic rings. The van der Waals surface area contributed by atoms with E-state index in [9.17, 15) is 22.8 Å². The number of aromatic nitrogens is 4. The van der Waals surface area contributed by atoms with Crippen LogP contribution >= 0.6 is 0 Å². The largest absolute Gasteiger partial charge is 0.416 e. The third kappa shape index (κ3) is 5.06. The monoisotopic (exact) mass is 513 g/mol. The van der Waals surface area contributed by atoms with Crippen LogP contribution in [0.4, 0.5) is 18.0 Å². The van der Waals surface area contributed by atoms with Gasteiger partial charge in [0, 0.05) is 43.6 Å². The zero-order valence-corrected chi connectivity index (χ0v) is 20.1. The van der Waals surface area contributed by atoms with E-state index in [2.05, 4.69) is 15.3 Å². The van der Waals surface area contributed by atoms with Gasteiger partial charge in [0.25, 0.3) is 5.91 Å². The average molecular weight is 514 g/mol. The van der Waals surface area contributed by atoms with Gasteiger partial charge in [-0.2, -0.15) is 33.1 Å². The number of nitrogens with two attached hydrogens (primary N) is 1. The maximum absolute atomic E-state index is 13.9. The highest BCUT2D eigenvalue weighted by Crippen LogP contribution is 2.41. The van der Waals surface area contributed by atoms with Crippen LogP contribution in [0.25, 0.3) is 11.3 Å². The predicted molar refractivity (Wildman–Crippen MR) is 127 cm³/mol. The SMILES string of the molecule is CN(Cc1ccc(-c2cccnn2)cc1C(F)(F)F)C1C[C@@H]2CN(C(=O)n3cc(C(N)=O)cn3)C[C@@H]2C1. The first-order valence-electron chi connectivity index (χ1n) is 11.9. The van der Waals surface area contributed by atoms with Crippen molar-refractivity contribution in [2.24, 2.45) is 17.6 Å². The molecule has 3 heterocycles. The molecule has 2 aromatic heterocycles. The number of carbonyl (C=O) groups excluding carboxylic acids is 2. The number of benzene rings is 1. The van der Waals surface area contributed by atoms with Crippen LogP contribution in [0.1, 0.15) is 34.3 Å². The number of hydrogen-bond donors (Lipinski definition) is 1. The first-order valence-corrected chi connectivity index (χ1v) is 11.9. The third-order valence-corrected chi connectivity index (χ3v) is 7.39. The molecule has 2 N–H and O–H groups in total. The van der Waals surface area contributed by atoms with Gasteiger partial charge in [-0.05, 0) is 55.5 Å². The molecule has 1 aliphatic carbocycles. The minimum atomic E-state index is -4.50. The normalized spacial score (nSPS) is 21.4. The van der Waals surface area contributed by atoms with Crippen molar-refractivity contribution in [1.82, 2.24) is 29.8 Å². The summed E-state index contributed by atoms with van der Waals surface area (Å²) in [6, 6.07) is 7.36. The topological polar surface area (TPSA) is 110 Å². The van der Waals surface area contributed by atoms with Gasteiger partial charge in [-0.3, -0.25) is 9.69 Å². The van der Waals surface area contributed by atoms with Gasteiger partial charge >= 0.3 is 12.2 Å². The fourth-order valence-electron chi connectivity index (χ4n) is 5.47. The quantitative estimate of drug-likeness (QED) is 0.561. The highest BCUT2D eigenvalue weighted by molar-refractivity contribution is 5.93. The van der Waals surface area contributed by atoms with Gasteiger partial charge in [0.1, 0.15) is 0 Å². The number of carbonyl (C=O) groups is 2. The molecule has 2 fully saturated rings. The molecule has 2 amide bonds. The number of fused-ring (bicyclic) bond motifs is 1. The second-order valence-electron chi connectivity index (χ2n) is 9.76. The number of likely N-dealkylation sites (tertiary alicyclic amines) is 1. The smallest absolute Gasteiger partial charge is 0.366 e. The Bertz CT molecular complexity index is 1300. The lowest BCUT2D eigenvalue weighted by Gasteiger charge is -2.27. The van der Waals surface area contributed by atoms with E-state index in [-0.39, 0.29) is 41.6 Å². The third-order valence-electron chi connectivity index (χ3n) is 7.39. The summed E-state index contributed by atoms with van der Waals surface area (Å²) in [7, 11) is 1.85. The van der Waals surface area contributed by atoms with E-state index in [0.29, 0.717) is 24.3 Å². The lowest BCUT2D eigenvalue weighted by molar-refractivity contribution is -0.138. The lowest BCUT2D eigenvalue weighted by Crippen LogP contribution is -2.36. The summed E-state index contributed by atoms with van der Waals surface area (Å²) in [5.41, 5.74) is 5.68. The molecule has 1 saturated carbocycles. The number of alkyl halides is 3. The van der Waals surface area contributed by atoms with E-state index in [1.165, 1.54) is 24.7 Å². The van der Waals surface area contributed by atoms with Crippen molar-refractivity contribution < 1.29 is 22.8 Å². The zero-order valence-electron chi connectivity index (χ0n) is 20.1. The van der Waals surface area contributed by atoms with Crippen LogP contribution in [0.15, 0.2) is 48.9 Å². The van der Waals surface area contributed by atoms with Crippen molar-refractivity contribution in [2.75, 3.05) is 20.1 Å². The Morgan fingerprint density at radius 3 is 2.49 bits per heavy atom. The molecule has 1 saturated heterocycles. The van der Waals surface area contributed by atoms with Crippen LogP contribution in [-0.2, 0) is 12.7 Å². The number of hydrogen-bond acceptors (Lipinski definition) is 6. The van der Waals surface area contributed by atoms with Gasteiger partial charge in [-0.25, -0.2) is 4.79 Å². The number of amides is 2. The maximum Gasteiger partial charge on any atom is 0.416 e. The Morgan fingerprint density at radius 1 is 1.16 bits per heavy atom. The van der Waals surface area contributed by atoms with Crippen LogP contribution in [0.3, 0.4) is 0 Å². The fourth-order valence-corrected chi connectivity index (χ4v) is 5.47. The summed E-state index contributed by atoms with van der Waals surface area (Å²) in [5.74, 6) is -0.146. The molecule has 2 aliphatic rings. The molecule has 9 nitrogen and oxygen atoms in total. The molecule has 3 atom stereocenters. The highest BCUT2D eigenvalue weighted by Gasteiger charge is 2.44. The standard InChI is InChI=1S/C25H26F3N7O2/c1-33(11-16-5-4-15(9-21(16)25(26,27)28)22-3-2-6-30-32-22)20-7-17-12-34(13-18(17)8-20)24(37)35-14-19(10-31-35)23(29)36/h2-6,9-10,14,17-18,20H,7-8,11-13H2,1H3,(H2,29,36)/t17-,18+,20?. The summed E-state index contributed by atoms with van der Waals surface area (Å²) in [5, 5.41) is 11.6. The minimum Gasteiger partial charge on any atom is -0.366 e. The van der Waals surface area contributed by atoms with Crippen molar-refractivity contribution >= 4 is 11.9 Å². The molecule has 1 unspecified atom stereocenters. The molecule has 0 spiro atoms. The summed E-state index contributed by atoms with van der Waals surface area (Å²) in [6.07, 6.45) is 1.13. The average Bonchev–Trinajstić information content (AvgIpc) is 3.59. The van der Waals surface area contributed by atoms with E-state index in [0.717, 1.165) is 23.6 Å². The van der Waals surface area contributed by atoms with E-state index >= 15 is 0 Å². The molecule has 194 valence electrons. The van der Waals surface area contributed by atoms with Crippen molar-refractivity contribution in [1.29, 1.82) is 0 Å². The van der Waals surface area contributed by atoms with Crippen LogP contribution in [-0.4, -0.2) is 67.9 Å². The Balaban J connectivity index is 1.24. The van der Waals surface area contributed by atoms with Gasteiger partial charge in [0.2, 0.25) is 0 Å². The fraction of sp³-hybridized carbons (Fsp3) is 0.400. The molecular weight excluding hydrogens is 487 g/mol. The summed E-state index contributed by atoms with van der Waals surface area (Å²) >= 11 is 0. The number of rotatable bonds is 5. The summed E-state index contributed by atoms with van der Waals surface area (Å²) in [6.45, 7) is 1.24. The number of halogens is 3. The van der Waals surface area contributed by atoms with E-state index in [4.69, 9.17) is 5.73 Å². The van der Waals surface area contributed by atoms with Crippen LogP contribution in [0, 0.1) is 11.8 Å². The van der Waals surface area contributed by atoms with E-state index in [1.807, 2.05) is 11.9 Å². The Hall–Kier alpha value is -3.80. The molecule has 0 bridgehead atoms. The van der Waals surface area contributed by atoms with Crippen molar-refractivity contribution in [2.45, 2.75) is 31.6 Å². The lowest BCUT2D eigenvalue weighted by atomic mass is 10.0. The molecule has 0 radical (unpaired) electrons. The Morgan fingerprint density at radius 2 is 1.89 bits per heavy atom. The zero-order chi connectivity index (χ0) is 26.3. The van der Waals surface area contributed by atoms with Gasteiger partial charge in [-0.15, -0.1) is 0 Å². The van der Waals surface area contributed by atoms with Gasteiger partial charge < -0.3 is 10.6 Å². The summed E-state index contributed by atoms with van der Waals surface area (Å²) in [4.78, 5) is 27.7. The van der Waals surface area contributed by atoms with Crippen LogP contribution < -0.4 is 5.73 Å². The maximum atomic E-state index is 13.9. The molecule has 1 aromatic carbocycles. The predicted octanol–water partition coefficient (Wildman–Crippen LogP) is 3.27. The number of nitrogens with zero attached hydrogens (tertiary/aromatic N) is 6. The van der Waals surface area contributed by atoms with E-state index in [1.54, 1.807) is 23.1 Å². The van der Waals surface area contributed by atoms with Crippen molar-refractivity contribution in [3.8, 4) is 11.3 Å². The Kier molecular flexibility index (Phi) is 6.44. The second-order valence-corrected chi connectivity index (χ2v) is 9.76. The van der Waals surface area contributed by atoms with Gasteiger partial charge in [0.15, 0.2) is 0 Å². The van der Waals surface area contributed by atoms with Crippen molar-refractivity contribution in [3.63, 3.8) is 0 Å². The minimum absolute atomic E-state index is 0.110. The number of primary amides is 1. The molecule has 12 heteroatoms. The van der Waals surface area contributed by atoms with Crippen LogP contribution in [0.2, 0.25) is 0 Å². The van der Waals surface area contributed by atoms with E-state index < -0.39 is 17.6 Å². The molecule has 5 rings (SSSR count). The molecule has 1 aliphatic heterocycles. The molecular formula is C25H26F3N7O2. The first kappa shape index (κ1) is 24.9. The van der Waals surface area contributed by atoms with Gasteiger partial charge in [-0.1, -0.05) is 12.1 Å². The molecule has 37 heavy (non-hydrogen) atoms. The highest BCUT2D eigenvalue weighted by atomic mass is 19.4. The van der Waals surface area contributed by atoms with Crippen molar-refractivity contribution in [3.05, 3.63) is 65.6 Å². The van der Waals surface area contributed by atoms with Crippen LogP contribution in [0.5, 0.6) is 0 Å². The second kappa shape index (κ2) is 9.58. The summed E-state index contributed by atoms with van der Waals surface area (Å²) < 4.78 is 42.9. The first-order chi connectivity index (χ1) is 17.6. The van der Waals surface area contributed by atoms with Gasteiger partial charge in [0.05, 0.1) is 23.0 Å². The Labute approximate surface area is 211 Å².